The number of amides is 3. The van der Waals surface area contributed by atoms with Crippen LogP contribution in [0, 0.1) is 6.92 Å². The van der Waals surface area contributed by atoms with Crippen molar-refractivity contribution in [1.29, 1.82) is 0 Å². The highest BCUT2D eigenvalue weighted by Crippen LogP contribution is 2.40. The van der Waals surface area contributed by atoms with E-state index in [2.05, 4.69) is 5.32 Å². The quantitative estimate of drug-likeness (QED) is 0.535. The van der Waals surface area contributed by atoms with Crippen LogP contribution in [-0.2, 0) is 20.1 Å². The SMILES string of the molecule is CC(=O)Nc1ccc(C2=C(SCc3ccccc3)C(=O)N(c3ccccc3C)C2=O)cc1. The second-order valence-corrected chi connectivity index (χ2v) is 8.45. The lowest BCUT2D eigenvalue weighted by Crippen LogP contribution is -2.31. The number of thioether (sulfide) groups is 1. The minimum absolute atomic E-state index is 0.172. The summed E-state index contributed by atoms with van der Waals surface area (Å²) in [7, 11) is 0. The van der Waals surface area contributed by atoms with Crippen LogP contribution in [0.1, 0.15) is 23.6 Å². The average molecular weight is 443 g/mol. The summed E-state index contributed by atoms with van der Waals surface area (Å²) >= 11 is 1.37. The standard InChI is InChI=1S/C26H22N2O3S/c1-17-8-6-7-11-22(17)28-25(30)23(20-12-14-21(15-13-20)27-18(2)29)24(26(28)31)32-16-19-9-4-3-5-10-19/h3-15H,16H2,1-2H3,(H,27,29). The van der Waals surface area contributed by atoms with Crippen LogP contribution < -0.4 is 10.2 Å². The first-order chi connectivity index (χ1) is 15.5. The van der Waals surface area contributed by atoms with E-state index in [9.17, 15) is 14.4 Å². The summed E-state index contributed by atoms with van der Waals surface area (Å²) in [6, 6.07) is 24.2. The molecule has 1 heterocycles. The second kappa shape index (κ2) is 9.24. The Labute approximate surface area is 191 Å². The van der Waals surface area contributed by atoms with Gasteiger partial charge in [-0.15, -0.1) is 11.8 Å². The van der Waals surface area contributed by atoms with Gasteiger partial charge in [-0.2, -0.15) is 0 Å². The third-order valence-electron chi connectivity index (χ3n) is 5.12. The van der Waals surface area contributed by atoms with Gasteiger partial charge < -0.3 is 5.32 Å². The summed E-state index contributed by atoms with van der Waals surface area (Å²) in [4.78, 5) is 40.0. The number of anilines is 2. The summed E-state index contributed by atoms with van der Waals surface area (Å²) in [5, 5.41) is 2.72. The number of para-hydroxylation sites is 1. The van der Waals surface area contributed by atoms with Crippen LogP contribution in [0.5, 0.6) is 0 Å². The van der Waals surface area contributed by atoms with Gasteiger partial charge in [-0.1, -0.05) is 60.7 Å². The second-order valence-electron chi connectivity index (χ2n) is 7.47. The zero-order valence-electron chi connectivity index (χ0n) is 17.8. The molecule has 0 saturated carbocycles. The molecule has 0 spiro atoms. The Kier molecular flexibility index (Phi) is 6.23. The van der Waals surface area contributed by atoms with Gasteiger partial charge >= 0.3 is 0 Å². The van der Waals surface area contributed by atoms with Gasteiger partial charge in [0.1, 0.15) is 0 Å². The van der Waals surface area contributed by atoms with Crippen molar-refractivity contribution in [2.75, 3.05) is 10.2 Å². The maximum Gasteiger partial charge on any atom is 0.272 e. The highest BCUT2D eigenvalue weighted by Gasteiger charge is 2.40. The molecule has 0 radical (unpaired) electrons. The minimum Gasteiger partial charge on any atom is -0.326 e. The monoisotopic (exact) mass is 442 g/mol. The molecule has 0 aliphatic carbocycles. The Bertz CT molecular complexity index is 1220. The van der Waals surface area contributed by atoms with Gasteiger partial charge in [-0.3, -0.25) is 14.4 Å². The molecule has 1 aliphatic heterocycles. The number of hydrogen-bond donors (Lipinski definition) is 1. The van der Waals surface area contributed by atoms with Crippen molar-refractivity contribution < 1.29 is 14.4 Å². The molecule has 0 fully saturated rings. The maximum absolute atomic E-state index is 13.5. The number of carbonyl (C=O) groups is 3. The van der Waals surface area contributed by atoms with E-state index in [1.807, 2.05) is 55.5 Å². The number of rotatable bonds is 6. The molecule has 1 aliphatic rings. The fourth-order valence-electron chi connectivity index (χ4n) is 3.58. The van der Waals surface area contributed by atoms with E-state index in [1.54, 1.807) is 30.3 Å². The molecule has 0 unspecified atom stereocenters. The smallest absolute Gasteiger partial charge is 0.272 e. The van der Waals surface area contributed by atoms with Crippen molar-refractivity contribution in [2.24, 2.45) is 0 Å². The highest BCUT2D eigenvalue weighted by atomic mass is 32.2. The molecule has 0 atom stereocenters. The largest absolute Gasteiger partial charge is 0.326 e. The number of imide groups is 1. The van der Waals surface area contributed by atoms with Crippen LogP contribution in [0.15, 0.2) is 83.8 Å². The predicted molar refractivity (Wildman–Crippen MR) is 129 cm³/mol. The third-order valence-corrected chi connectivity index (χ3v) is 6.26. The number of benzene rings is 3. The van der Waals surface area contributed by atoms with Crippen LogP contribution in [0.2, 0.25) is 0 Å². The molecule has 3 aromatic rings. The molecule has 4 rings (SSSR count). The molecule has 160 valence electrons. The van der Waals surface area contributed by atoms with Gasteiger partial charge in [0.05, 0.1) is 16.2 Å². The number of nitrogens with zero attached hydrogens (tertiary/aromatic N) is 1. The molecule has 0 saturated heterocycles. The fourth-order valence-corrected chi connectivity index (χ4v) is 4.65. The zero-order chi connectivity index (χ0) is 22.7. The Morgan fingerprint density at radius 2 is 1.53 bits per heavy atom. The van der Waals surface area contributed by atoms with Crippen LogP contribution in [0.4, 0.5) is 11.4 Å². The topological polar surface area (TPSA) is 66.5 Å². The van der Waals surface area contributed by atoms with E-state index < -0.39 is 0 Å². The van der Waals surface area contributed by atoms with E-state index in [0.29, 0.717) is 33.2 Å². The molecule has 0 aromatic heterocycles. The van der Waals surface area contributed by atoms with Crippen molar-refractivity contribution in [3.8, 4) is 0 Å². The van der Waals surface area contributed by atoms with E-state index in [4.69, 9.17) is 0 Å². The van der Waals surface area contributed by atoms with Crippen molar-refractivity contribution >= 4 is 46.4 Å². The fraction of sp³-hybridized carbons (Fsp3) is 0.115. The van der Waals surface area contributed by atoms with Crippen LogP contribution in [0.25, 0.3) is 5.57 Å². The van der Waals surface area contributed by atoms with Crippen molar-refractivity contribution in [3.63, 3.8) is 0 Å². The predicted octanol–water partition coefficient (Wildman–Crippen LogP) is 5.17. The summed E-state index contributed by atoms with van der Waals surface area (Å²) in [6.45, 7) is 3.32. The van der Waals surface area contributed by atoms with E-state index in [0.717, 1.165) is 11.1 Å². The van der Waals surface area contributed by atoms with Gasteiger partial charge in [-0.25, -0.2) is 4.90 Å². The number of aryl methyl sites for hydroxylation is 1. The van der Waals surface area contributed by atoms with Gasteiger partial charge in [0.25, 0.3) is 11.8 Å². The molecular formula is C26H22N2O3S. The van der Waals surface area contributed by atoms with Gasteiger partial charge in [0, 0.05) is 18.4 Å². The normalized spacial score (nSPS) is 13.6. The van der Waals surface area contributed by atoms with Crippen LogP contribution in [-0.4, -0.2) is 17.7 Å². The summed E-state index contributed by atoms with van der Waals surface area (Å²) in [5.74, 6) is -0.253. The lowest BCUT2D eigenvalue weighted by atomic mass is 10.1. The molecular weight excluding hydrogens is 420 g/mol. The molecule has 6 heteroatoms. The number of nitrogens with one attached hydrogen (secondary N) is 1. The zero-order valence-corrected chi connectivity index (χ0v) is 18.6. The first-order valence-electron chi connectivity index (χ1n) is 10.2. The minimum atomic E-state index is -0.341. The Hall–Kier alpha value is -3.64. The van der Waals surface area contributed by atoms with Crippen molar-refractivity contribution in [2.45, 2.75) is 19.6 Å². The van der Waals surface area contributed by atoms with Gasteiger partial charge in [0.2, 0.25) is 5.91 Å². The summed E-state index contributed by atoms with van der Waals surface area (Å²) in [6.07, 6.45) is 0. The lowest BCUT2D eigenvalue weighted by Gasteiger charge is -2.17. The van der Waals surface area contributed by atoms with Crippen LogP contribution >= 0.6 is 11.8 Å². The number of carbonyl (C=O) groups excluding carboxylic acids is 3. The summed E-state index contributed by atoms with van der Waals surface area (Å²) < 4.78 is 0. The first kappa shape index (κ1) is 21.6. The molecule has 32 heavy (non-hydrogen) atoms. The molecule has 0 bridgehead atoms. The first-order valence-corrected chi connectivity index (χ1v) is 11.2. The average Bonchev–Trinajstić information content (AvgIpc) is 3.03. The molecule has 5 nitrogen and oxygen atoms in total. The molecule has 3 amide bonds. The van der Waals surface area contributed by atoms with Gasteiger partial charge in [-0.05, 0) is 41.8 Å². The van der Waals surface area contributed by atoms with E-state index in [-0.39, 0.29) is 17.7 Å². The van der Waals surface area contributed by atoms with Crippen molar-refractivity contribution in [1.82, 2.24) is 0 Å². The Morgan fingerprint density at radius 1 is 0.875 bits per heavy atom. The Morgan fingerprint density at radius 3 is 2.19 bits per heavy atom. The lowest BCUT2D eigenvalue weighted by molar-refractivity contribution is -0.120. The van der Waals surface area contributed by atoms with Crippen molar-refractivity contribution in [3.05, 3.63) is 100 Å². The Balaban J connectivity index is 1.73. The van der Waals surface area contributed by atoms with E-state index >= 15 is 0 Å². The maximum atomic E-state index is 13.5. The molecule has 1 N–H and O–H groups in total. The highest BCUT2D eigenvalue weighted by molar-refractivity contribution is 8.03. The van der Waals surface area contributed by atoms with Crippen LogP contribution in [0.3, 0.4) is 0 Å². The van der Waals surface area contributed by atoms with E-state index in [1.165, 1.54) is 23.6 Å². The summed E-state index contributed by atoms with van der Waals surface area (Å²) in [5.41, 5.74) is 4.17. The van der Waals surface area contributed by atoms with Gasteiger partial charge in [0.15, 0.2) is 0 Å². The third kappa shape index (κ3) is 4.36. The number of hydrogen-bond acceptors (Lipinski definition) is 4. The molecule has 3 aromatic carbocycles.